The molecule has 0 spiro atoms. The lowest BCUT2D eigenvalue weighted by molar-refractivity contribution is -0.141. The fourth-order valence-electron chi connectivity index (χ4n) is 1.72. The molecule has 1 unspecified atom stereocenters. The van der Waals surface area contributed by atoms with Gasteiger partial charge in [0.25, 0.3) is 5.91 Å². The molecule has 0 aliphatic carbocycles. The summed E-state index contributed by atoms with van der Waals surface area (Å²) in [5.74, 6) is -2.45. The molecule has 1 aromatic carbocycles. The second-order valence-electron chi connectivity index (χ2n) is 4.50. The van der Waals surface area contributed by atoms with Crippen molar-refractivity contribution in [2.75, 3.05) is 13.1 Å². The molecular weight excluding hydrogens is 279 g/mol. The van der Waals surface area contributed by atoms with Crippen LogP contribution in [0.1, 0.15) is 24.2 Å². The van der Waals surface area contributed by atoms with Crippen LogP contribution in [0.25, 0.3) is 0 Å². The van der Waals surface area contributed by atoms with Crippen LogP contribution in [-0.4, -0.2) is 46.9 Å². The highest BCUT2D eigenvalue weighted by atomic mass is 19.1. The fourth-order valence-corrected chi connectivity index (χ4v) is 1.72. The lowest BCUT2D eigenvalue weighted by Crippen LogP contribution is -2.46. The van der Waals surface area contributed by atoms with Gasteiger partial charge in [0.15, 0.2) is 0 Å². The van der Waals surface area contributed by atoms with E-state index in [2.05, 4.69) is 5.32 Å². The van der Waals surface area contributed by atoms with Crippen molar-refractivity contribution in [2.45, 2.75) is 19.9 Å². The summed E-state index contributed by atoms with van der Waals surface area (Å²) in [7, 11) is 0. The molecule has 1 atom stereocenters. The maximum atomic E-state index is 12.9. The lowest BCUT2D eigenvalue weighted by Gasteiger charge is -2.26. The first-order valence-electron chi connectivity index (χ1n) is 6.36. The number of amides is 2. The number of hydrogen-bond acceptors (Lipinski definition) is 3. The number of halogens is 1. The van der Waals surface area contributed by atoms with Crippen LogP contribution in [0.15, 0.2) is 24.3 Å². The number of carboxylic acid groups (broad SMARTS) is 1. The van der Waals surface area contributed by atoms with Crippen LogP contribution in [0.2, 0.25) is 0 Å². The number of nitrogens with zero attached hydrogens (tertiary/aromatic N) is 1. The molecule has 1 rings (SSSR count). The molecule has 0 saturated heterocycles. The first-order chi connectivity index (χ1) is 9.82. The van der Waals surface area contributed by atoms with Crippen LogP contribution in [0, 0.1) is 5.82 Å². The molecule has 0 saturated carbocycles. The Morgan fingerprint density at radius 2 is 1.86 bits per heavy atom. The molecule has 2 N–H and O–H groups in total. The summed E-state index contributed by atoms with van der Waals surface area (Å²) in [5.41, 5.74) is 0.187. The monoisotopic (exact) mass is 296 g/mol. The van der Waals surface area contributed by atoms with Gasteiger partial charge in [-0.25, -0.2) is 9.18 Å². The zero-order valence-corrected chi connectivity index (χ0v) is 11.8. The summed E-state index contributed by atoms with van der Waals surface area (Å²) in [4.78, 5) is 35.3. The molecule has 0 aliphatic rings. The van der Waals surface area contributed by atoms with Crippen molar-refractivity contribution in [2.24, 2.45) is 0 Å². The van der Waals surface area contributed by atoms with Gasteiger partial charge in [-0.05, 0) is 31.2 Å². The molecule has 0 aromatic heterocycles. The molecule has 114 valence electrons. The lowest BCUT2D eigenvalue weighted by atomic mass is 10.1. The van der Waals surface area contributed by atoms with Crippen molar-refractivity contribution >= 4 is 17.8 Å². The van der Waals surface area contributed by atoms with Crippen LogP contribution < -0.4 is 5.32 Å². The number of hydrogen-bond donors (Lipinski definition) is 2. The number of aliphatic carboxylic acids is 1. The van der Waals surface area contributed by atoms with E-state index >= 15 is 0 Å². The van der Waals surface area contributed by atoms with Crippen LogP contribution in [0.4, 0.5) is 4.39 Å². The van der Waals surface area contributed by atoms with E-state index < -0.39 is 23.7 Å². The van der Waals surface area contributed by atoms with E-state index in [1.54, 1.807) is 0 Å². The molecule has 0 bridgehead atoms. The Balaban J connectivity index is 2.88. The summed E-state index contributed by atoms with van der Waals surface area (Å²) in [6.45, 7) is 2.88. The normalized spacial score (nSPS) is 11.6. The third-order valence-electron chi connectivity index (χ3n) is 2.90. The largest absolute Gasteiger partial charge is 0.480 e. The molecule has 21 heavy (non-hydrogen) atoms. The van der Waals surface area contributed by atoms with Crippen molar-refractivity contribution < 1.29 is 23.9 Å². The molecule has 7 heteroatoms. The van der Waals surface area contributed by atoms with E-state index in [0.29, 0.717) is 0 Å². The Morgan fingerprint density at radius 3 is 2.33 bits per heavy atom. The van der Waals surface area contributed by atoms with E-state index in [1.165, 1.54) is 26.0 Å². The molecule has 0 aliphatic heterocycles. The third kappa shape index (κ3) is 4.87. The van der Waals surface area contributed by atoms with Gasteiger partial charge in [0.05, 0.1) is 0 Å². The Morgan fingerprint density at radius 1 is 1.29 bits per heavy atom. The number of rotatable bonds is 6. The first kappa shape index (κ1) is 16.6. The van der Waals surface area contributed by atoms with Crippen LogP contribution >= 0.6 is 0 Å². The third-order valence-corrected chi connectivity index (χ3v) is 2.90. The highest BCUT2D eigenvalue weighted by Gasteiger charge is 2.26. The minimum absolute atomic E-state index is 0.0449. The first-order valence-corrected chi connectivity index (χ1v) is 6.36. The maximum Gasteiger partial charge on any atom is 0.326 e. The number of nitrogens with one attached hydrogen (secondary N) is 1. The standard InChI is InChI=1S/C14H17FN2O4/c1-9(14(20)21)17(8-7-16-10(2)18)13(19)11-3-5-12(15)6-4-11/h3-6,9H,7-8H2,1-2H3,(H,16,18)(H,20,21). The molecule has 0 fully saturated rings. The highest BCUT2D eigenvalue weighted by Crippen LogP contribution is 2.10. The average Bonchev–Trinajstić information content (AvgIpc) is 2.42. The van der Waals surface area contributed by atoms with Crippen LogP contribution in [0.5, 0.6) is 0 Å². The molecule has 0 radical (unpaired) electrons. The second kappa shape index (κ2) is 7.37. The van der Waals surface area contributed by atoms with Crippen molar-refractivity contribution in [3.8, 4) is 0 Å². The zero-order valence-electron chi connectivity index (χ0n) is 11.8. The Bertz CT molecular complexity index is 530. The summed E-state index contributed by atoms with van der Waals surface area (Å²) in [6.07, 6.45) is 0. The number of carbonyl (C=O) groups excluding carboxylic acids is 2. The van der Waals surface area contributed by atoms with E-state index in [1.807, 2.05) is 0 Å². The summed E-state index contributed by atoms with van der Waals surface area (Å²) < 4.78 is 12.9. The SMILES string of the molecule is CC(=O)NCCN(C(=O)c1ccc(F)cc1)C(C)C(=O)O. The zero-order chi connectivity index (χ0) is 16.0. The van der Waals surface area contributed by atoms with Crippen molar-refractivity contribution in [1.82, 2.24) is 10.2 Å². The smallest absolute Gasteiger partial charge is 0.326 e. The van der Waals surface area contributed by atoms with Crippen molar-refractivity contribution in [1.29, 1.82) is 0 Å². The predicted octanol–water partition coefficient (Wildman–Crippen LogP) is 0.877. The summed E-state index contributed by atoms with van der Waals surface area (Å²) >= 11 is 0. The molecule has 1 aromatic rings. The quantitative estimate of drug-likeness (QED) is 0.815. The van der Waals surface area contributed by atoms with Gasteiger partial charge in [-0.1, -0.05) is 0 Å². The Kier molecular flexibility index (Phi) is 5.83. The number of benzene rings is 1. The number of carboxylic acids is 1. The summed E-state index contributed by atoms with van der Waals surface area (Å²) in [5, 5.41) is 11.6. The van der Waals surface area contributed by atoms with E-state index in [0.717, 1.165) is 17.0 Å². The summed E-state index contributed by atoms with van der Waals surface area (Å²) in [6, 6.07) is 3.78. The van der Waals surface area contributed by atoms with Gasteiger partial charge in [0, 0.05) is 25.6 Å². The second-order valence-corrected chi connectivity index (χ2v) is 4.50. The topological polar surface area (TPSA) is 86.7 Å². The van der Waals surface area contributed by atoms with Gasteiger partial charge in [0.2, 0.25) is 5.91 Å². The van der Waals surface area contributed by atoms with Gasteiger partial charge in [-0.3, -0.25) is 9.59 Å². The van der Waals surface area contributed by atoms with Gasteiger partial charge >= 0.3 is 5.97 Å². The average molecular weight is 296 g/mol. The van der Waals surface area contributed by atoms with Crippen LogP contribution in [0.3, 0.4) is 0 Å². The van der Waals surface area contributed by atoms with Crippen molar-refractivity contribution in [3.05, 3.63) is 35.6 Å². The minimum atomic E-state index is -1.16. The van der Waals surface area contributed by atoms with Gasteiger partial charge in [0.1, 0.15) is 11.9 Å². The highest BCUT2D eigenvalue weighted by molar-refractivity contribution is 5.96. The van der Waals surface area contributed by atoms with E-state index in [4.69, 9.17) is 5.11 Å². The predicted molar refractivity (Wildman–Crippen MR) is 73.2 cm³/mol. The molecule has 6 nitrogen and oxygen atoms in total. The Labute approximate surface area is 121 Å². The van der Waals surface area contributed by atoms with Crippen molar-refractivity contribution in [3.63, 3.8) is 0 Å². The van der Waals surface area contributed by atoms with Gasteiger partial charge in [-0.2, -0.15) is 0 Å². The molecular formula is C14H17FN2O4. The van der Waals surface area contributed by atoms with Gasteiger partial charge < -0.3 is 15.3 Å². The number of carbonyl (C=O) groups is 3. The van der Waals surface area contributed by atoms with Gasteiger partial charge in [-0.15, -0.1) is 0 Å². The minimum Gasteiger partial charge on any atom is -0.480 e. The molecule has 0 heterocycles. The van der Waals surface area contributed by atoms with E-state index in [-0.39, 0.29) is 24.6 Å². The maximum absolute atomic E-state index is 12.9. The van der Waals surface area contributed by atoms with Crippen LogP contribution in [-0.2, 0) is 9.59 Å². The Hall–Kier alpha value is -2.44. The fraction of sp³-hybridized carbons (Fsp3) is 0.357. The molecule has 2 amide bonds. The van der Waals surface area contributed by atoms with E-state index in [9.17, 15) is 18.8 Å².